The Balaban J connectivity index is 2.27. The van der Waals surface area contributed by atoms with Crippen LogP contribution in [0.2, 0.25) is 0 Å². The summed E-state index contributed by atoms with van der Waals surface area (Å²) in [7, 11) is 2.53. The topological polar surface area (TPSA) is 69.5 Å². The fourth-order valence-corrected chi connectivity index (χ4v) is 2.73. The zero-order valence-electron chi connectivity index (χ0n) is 16.9. The molecular weight excluding hydrogens is 401 g/mol. The van der Waals surface area contributed by atoms with E-state index in [1.54, 1.807) is 32.0 Å². The molecule has 0 saturated heterocycles. The van der Waals surface area contributed by atoms with Crippen molar-refractivity contribution in [1.29, 1.82) is 0 Å². The molecule has 0 fully saturated rings. The third-order valence-corrected chi connectivity index (χ3v) is 4.19. The van der Waals surface area contributed by atoms with Gasteiger partial charge in [-0.15, -0.1) is 0 Å². The lowest BCUT2D eigenvalue weighted by Gasteiger charge is -2.13. The van der Waals surface area contributed by atoms with Crippen LogP contribution in [0.25, 0.3) is 0 Å². The summed E-state index contributed by atoms with van der Waals surface area (Å²) >= 11 is 0. The SMILES string of the molecule is CO/N=C(/C(=O)OC)c1c(C)cccc1CO/N=C(\C)c1cccc(C(F)(F)F)c1. The minimum absolute atomic E-state index is 0.0321. The van der Waals surface area contributed by atoms with Crippen LogP contribution in [0.5, 0.6) is 0 Å². The summed E-state index contributed by atoms with van der Waals surface area (Å²) in [5, 5.41) is 7.67. The first-order chi connectivity index (χ1) is 14.2. The summed E-state index contributed by atoms with van der Waals surface area (Å²) < 4.78 is 43.4. The number of aryl methyl sites for hydroxylation is 1. The molecule has 2 rings (SSSR count). The van der Waals surface area contributed by atoms with Crippen LogP contribution in [0.1, 0.15) is 34.7 Å². The van der Waals surface area contributed by atoms with Crippen molar-refractivity contribution in [3.8, 4) is 0 Å². The highest BCUT2D eigenvalue weighted by molar-refractivity contribution is 6.43. The number of hydrogen-bond donors (Lipinski definition) is 0. The highest BCUT2D eigenvalue weighted by Crippen LogP contribution is 2.29. The van der Waals surface area contributed by atoms with Gasteiger partial charge in [-0.2, -0.15) is 13.2 Å². The highest BCUT2D eigenvalue weighted by atomic mass is 19.4. The van der Waals surface area contributed by atoms with E-state index in [4.69, 9.17) is 14.4 Å². The van der Waals surface area contributed by atoms with Crippen LogP contribution in [-0.2, 0) is 32.0 Å². The zero-order valence-corrected chi connectivity index (χ0v) is 16.9. The minimum Gasteiger partial charge on any atom is -0.464 e. The monoisotopic (exact) mass is 422 g/mol. The second-order valence-electron chi connectivity index (χ2n) is 6.25. The highest BCUT2D eigenvalue weighted by Gasteiger charge is 2.30. The Kier molecular flexibility index (Phi) is 7.57. The van der Waals surface area contributed by atoms with Gasteiger partial charge in [0.05, 0.1) is 18.4 Å². The standard InChI is InChI=1S/C21H21F3N2O4/c1-13-7-5-9-16(18(13)19(26-29-4)20(27)28-3)12-30-25-14(2)15-8-6-10-17(11-15)21(22,23)24/h5-11H,12H2,1-4H3/b25-14+,26-19+. The van der Waals surface area contributed by atoms with Gasteiger partial charge in [0.15, 0.2) is 5.71 Å². The molecule has 0 aliphatic rings. The summed E-state index contributed by atoms with van der Waals surface area (Å²) in [5.41, 5.74) is 1.54. The number of oxime groups is 2. The molecule has 0 heterocycles. The van der Waals surface area contributed by atoms with Crippen molar-refractivity contribution >= 4 is 17.4 Å². The van der Waals surface area contributed by atoms with Crippen LogP contribution in [-0.4, -0.2) is 31.6 Å². The van der Waals surface area contributed by atoms with Crippen molar-refractivity contribution in [2.75, 3.05) is 14.2 Å². The zero-order chi connectivity index (χ0) is 22.3. The maximum atomic E-state index is 12.9. The van der Waals surface area contributed by atoms with E-state index in [1.165, 1.54) is 26.4 Å². The fraction of sp³-hybridized carbons (Fsp3) is 0.286. The van der Waals surface area contributed by atoms with Crippen molar-refractivity contribution in [2.45, 2.75) is 26.6 Å². The van der Waals surface area contributed by atoms with Crippen molar-refractivity contribution in [2.24, 2.45) is 10.3 Å². The second kappa shape index (κ2) is 9.91. The average molecular weight is 422 g/mol. The molecule has 0 unspecified atom stereocenters. The lowest BCUT2D eigenvalue weighted by molar-refractivity contribution is -0.137. The van der Waals surface area contributed by atoms with Gasteiger partial charge in [0.25, 0.3) is 0 Å². The van der Waals surface area contributed by atoms with Gasteiger partial charge in [0.1, 0.15) is 13.7 Å². The molecule has 2 aromatic carbocycles. The lowest BCUT2D eigenvalue weighted by atomic mass is 9.98. The number of rotatable bonds is 7. The molecule has 160 valence electrons. The number of halogens is 3. The molecule has 0 radical (unpaired) electrons. The molecule has 0 bridgehead atoms. The van der Waals surface area contributed by atoms with Gasteiger partial charge in [0.2, 0.25) is 0 Å². The van der Waals surface area contributed by atoms with Crippen LogP contribution in [0.15, 0.2) is 52.8 Å². The molecule has 0 spiro atoms. The number of benzene rings is 2. The Morgan fingerprint density at radius 3 is 2.40 bits per heavy atom. The molecule has 9 heteroatoms. The van der Waals surface area contributed by atoms with Crippen LogP contribution in [0, 0.1) is 6.92 Å². The van der Waals surface area contributed by atoms with Crippen LogP contribution in [0.3, 0.4) is 0 Å². The van der Waals surface area contributed by atoms with Gasteiger partial charge in [-0.3, -0.25) is 0 Å². The number of hydrogen-bond acceptors (Lipinski definition) is 6. The maximum absolute atomic E-state index is 12.9. The van der Waals surface area contributed by atoms with E-state index < -0.39 is 17.7 Å². The van der Waals surface area contributed by atoms with Crippen molar-refractivity contribution < 1.29 is 32.4 Å². The maximum Gasteiger partial charge on any atom is 0.416 e. The van der Waals surface area contributed by atoms with E-state index in [0.29, 0.717) is 11.1 Å². The van der Waals surface area contributed by atoms with Crippen molar-refractivity contribution in [1.82, 2.24) is 0 Å². The second-order valence-corrected chi connectivity index (χ2v) is 6.25. The summed E-state index contributed by atoms with van der Waals surface area (Å²) in [6.07, 6.45) is -4.45. The predicted octanol–water partition coefficient (Wildman–Crippen LogP) is 4.48. The van der Waals surface area contributed by atoms with Gasteiger partial charge in [0, 0.05) is 11.1 Å². The number of nitrogens with zero attached hydrogens (tertiary/aromatic N) is 2. The van der Waals surface area contributed by atoms with E-state index >= 15 is 0 Å². The van der Waals surface area contributed by atoms with Gasteiger partial charge < -0.3 is 14.4 Å². The third kappa shape index (κ3) is 5.59. The summed E-state index contributed by atoms with van der Waals surface area (Å²) in [5.74, 6) is -0.684. The third-order valence-electron chi connectivity index (χ3n) is 4.19. The van der Waals surface area contributed by atoms with Crippen molar-refractivity contribution in [3.05, 3.63) is 70.3 Å². The van der Waals surface area contributed by atoms with Gasteiger partial charge >= 0.3 is 12.1 Å². The molecular formula is C21H21F3N2O4. The smallest absolute Gasteiger partial charge is 0.416 e. The van der Waals surface area contributed by atoms with Gasteiger partial charge in [-0.25, -0.2) is 4.79 Å². The molecule has 6 nitrogen and oxygen atoms in total. The Morgan fingerprint density at radius 2 is 1.77 bits per heavy atom. The van der Waals surface area contributed by atoms with Crippen LogP contribution < -0.4 is 0 Å². The fourth-order valence-electron chi connectivity index (χ4n) is 2.73. The molecule has 0 N–H and O–H groups in total. The summed E-state index contributed by atoms with van der Waals surface area (Å²) in [6, 6.07) is 10.1. The number of carbonyl (C=O) groups is 1. The number of ether oxygens (including phenoxy) is 1. The van der Waals surface area contributed by atoms with E-state index in [1.807, 2.05) is 0 Å². The van der Waals surface area contributed by atoms with E-state index in [9.17, 15) is 18.0 Å². The predicted molar refractivity (Wildman–Crippen MR) is 105 cm³/mol. The molecule has 0 atom stereocenters. The molecule has 2 aromatic rings. The number of esters is 1. The Hall–Kier alpha value is -3.36. The Bertz CT molecular complexity index is 969. The number of alkyl halides is 3. The van der Waals surface area contributed by atoms with E-state index in [0.717, 1.165) is 17.7 Å². The minimum atomic E-state index is -4.45. The molecule has 0 saturated carbocycles. The average Bonchev–Trinajstić information content (AvgIpc) is 2.71. The largest absolute Gasteiger partial charge is 0.464 e. The molecule has 0 aromatic heterocycles. The Labute approximate surface area is 171 Å². The van der Waals surface area contributed by atoms with Gasteiger partial charge in [-0.05, 0) is 37.1 Å². The van der Waals surface area contributed by atoms with Crippen LogP contribution >= 0.6 is 0 Å². The first-order valence-electron chi connectivity index (χ1n) is 8.81. The number of carbonyl (C=O) groups excluding carboxylic acids is 1. The van der Waals surface area contributed by atoms with E-state index in [-0.39, 0.29) is 23.6 Å². The van der Waals surface area contributed by atoms with Crippen molar-refractivity contribution in [3.63, 3.8) is 0 Å². The lowest BCUT2D eigenvalue weighted by Crippen LogP contribution is -2.20. The first-order valence-corrected chi connectivity index (χ1v) is 8.81. The first kappa shape index (κ1) is 22.9. The molecule has 0 aliphatic heterocycles. The molecule has 30 heavy (non-hydrogen) atoms. The normalized spacial score (nSPS) is 12.5. The summed E-state index contributed by atoms with van der Waals surface area (Å²) in [6.45, 7) is 3.27. The Morgan fingerprint density at radius 1 is 1.07 bits per heavy atom. The molecule has 0 amide bonds. The van der Waals surface area contributed by atoms with E-state index in [2.05, 4.69) is 10.3 Å². The van der Waals surface area contributed by atoms with Gasteiger partial charge in [-0.1, -0.05) is 40.6 Å². The number of methoxy groups -OCH3 is 1. The summed E-state index contributed by atoms with van der Waals surface area (Å²) in [4.78, 5) is 22.2. The van der Waals surface area contributed by atoms with Crippen LogP contribution in [0.4, 0.5) is 13.2 Å². The quantitative estimate of drug-likeness (QED) is 0.375. The molecule has 0 aliphatic carbocycles.